The van der Waals surface area contributed by atoms with Crippen molar-refractivity contribution in [1.29, 1.82) is 0 Å². The Morgan fingerprint density at radius 1 is 1.21 bits per heavy atom. The second-order valence-electron chi connectivity index (χ2n) is 10.1. The summed E-state index contributed by atoms with van der Waals surface area (Å²) in [7, 11) is 0. The number of hydrogen-bond donors (Lipinski definition) is 2. The summed E-state index contributed by atoms with van der Waals surface area (Å²) >= 11 is 0. The zero-order valence-electron chi connectivity index (χ0n) is 20.1. The van der Waals surface area contributed by atoms with Crippen LogP contribution in [-0.4, -0.2) is 41.4 Å². The first kappa shape index (κ1) is 23.3. The Labute approximate surface area is 201 Å². The van der Waals surface area contributed by atoms with Gasteiger partial charge >= 0.3 is 0 Å². The van der Waals surface area contributed by atoms with E-state index in [1.807, 2.05) is 35.2 Å². The van der Waals surface area contributed by atoms with Crippen molar-refractivity contribution in [2.45, 2.75) is 76.7 Å². The van der Waals surface area contributed by atoms with Crippen LogP contribution in [0, 0.1) is 5.92 Å². The maximum atomic E-state index is 13.9. The Morgan fingerprint density at radius 3 is 2.71 bits per heavy atom. The summed E-state index contributed by atoms with van der Waals surface area (Å²) in [4.78, 5) is 20.3. The smallest absolute Gasteiger partial charge is 0.230 e. The number of fused-ring (bicyclic) bond motifs is 2. The van der Waals surface area contributed by atoms with Gasteiger partial charge in [-0.1, -0.05) is 12.1 Å². The van der Waals surface area contributed by atoms with Crippen LogP contribution in [-0.2, 0) is 26.4 Å². The topological polar surface area (TPSA) is 83.9 Å². The van der Waals surface area contributed by atoms with Crippen LogP contribution in [0.1, 0.15) is 63.5 Å². The number of nitrogens with one attached hydrogen (secondary N) is 1. The van der Waals surface area contributed by atoms with E-state index in [1.54, 1.807) is 6.20 Å². The number of rotatable bonds is 4. The Bertz CT molecular complexity index is 1030. The van der Waals surface area contributed by atoms with Crippen LogP contribution in [0.15, 0.2) is 36.5 Å². The van der Waals surface area contributed by atoms with Gasteiger partial charge in [-0.15, -0.1) is 0 Å². The number of anilines is 3. The molecule has 2 fully saturated rings. The molecule has 34 heavy (non-hydrogen) atoms. The van der Waals surface area contributed by atoms with Gasteiger partial charge in [0.2, 0.25) is 5.91 Å². The molecule has 7 nitrogen and oxygen atoms in total. The number of carbonyl (C=O) groups excluding carboxylic acids is 1. The Morgan fingerprint density at radius 2 is 1.97 bits per heavy atom. The number of pyridine rings is 1. The number of hydrogen-bond acceptors (Lipinski definition) is 6. The second kappa shape index (κ2) is 9.64. The van der Waals surface area contributed by atoms with Gasteiger partial charge in [0, 0.05) is 43.7 Å². The lowest BCUT2D eigenvalue weighted by Crippen LogP contribution is -2.39. The van der Waals surface area contributed by atoms with Gasteiger partial charge in [0.25, 0.3) is 0 Å². The number of aliphatic hydroxyl groups is 1. The van der Waals surface area contributed by atoms with E-state index in [0.717, 1.165) is 54.0 Å². The predicted molar refractivity (Wildman–Crippen MR) is 131 cm³/mol. The van der Waals surface area contributed by atoms with Crippen LogP contribution in [0.5, 0.6) is 0 Å². The summed E-state index contributed by atoms with van der Waals surface area (Å²) in [5.41, 5.74) is 2.52. The highest BCUT2D eigenvalue weighted by atomic mass is 16.5. The van der Waals surface area contributed by atoms with Crippen molar-refractivity contribution in [2.75, 3.05) is 23.4 Å². The third-order valence-corrected chi connectivity index (χ3v) is 7.37. The third-order valence-electron chi connectivity index (χ3n) is 7.37. The molecule has 5 rings (SSSR count). The van der Waals surface area contributed by atoms with E-state index >= 15 is 0 Å². The molecule has 0 atom stereocenters. The molecular weight excluding hydrogens is 430 g/mol. The molecule has 1 aromatic carbocycles. The molecule has 0 bridgehead atoms. The highest BCUT2D eigenvalue weighted by Gasteiger charge is 2.36. The molecule has 1 saturated carbocycles. The minimum atomic E-state index is -0.939. The van der Waals surface area contributed by atoms with Crippen molar-refractivity contribution in [3.05, 3.63) is 47.7 Å². The Balaban J connectivity index is 1.46. The van der Waals surface area contributed by atoms with E-state index in [1.165, 1.54) is 0 Å². The maximum Gasteiger partial charge on any atom is 0.230 e. The molecule has 1 amide bonds. The van der Waals surface area contributed by atoms with Crippen molar-refractivity contribution in [3.63, 3.8) is 0 Å². The van der Waals surface area contributed by atoms with Gasteiger partial charge in [-0.05, 0) is 63.3 Å². The number of nitrogens with zero attached hydrogens (tertiary/aromatic N) is 2. The minimum absolute atomic E-state index is 0.0343. The zero-order valence-corrected chi connectivity index (χ0v) is 20.1. The Kier molecular flexibility index (Phi) is 6.60. The monoisotopic (exact) mass is 465 g/mol. The van der Waals surface area contributed by atoms with E-state index in [2.05, 4.69) is 24.1 Å². The van der Waals surface area contributed by atoms with E-state index in [9.17, 15) is 9.90 Å². The molecule has 1 aliphatic carbocycles. The van der Waals surface area contributed by atoms with E-state index in [-0.39, 0.29) is 24.0 Å². The average molecular weight is 466 g/mol. The highest BCUT2D eigenvalue weighted by molar-refractivity contribution is 5.99. The van der Waals surface area contributed by atoms with Crippen molar-refractivity contribution in [3.8, 4) is 0 Å². The molecule has 1 saturated heterocycles. The normalized spacial score (nSPS) is 24.1. The van der Waals surface area contributed by atoms with Gasteiger partial charge in [-0.2, -0.15) is 0 Å². The fourth-order valence-electron chi connectivity index (χ4n) is 5.46. The van der Waals surface area contributed by atoms with Crippen LogP contribution in [0.2, 0.25) is 0 Å². The maximum absolute atomic E-state index is 13.9. The molecule has 3 heterocycles. The van der Waals surface area contributed by atoms with Gasteiger partial charge in [0.1, 0.15) is 5.82 Å². The van der Waals surface area contributed by atoms with Gasteiger partial charge in [-0.25, -0.2) is 4.98 Å². The number of aromatic nitrogens is 1. The minimum Gasteiger partial charge on any atom is -0.385 e. The summed E-state index contributed by atoms with van der Waals surface area (Å²) in [5, 5.41) is 14.8. The first-order valence-electron chi connectivity index (χ1n) is 12.6. The molecule has 2 N–H and O–H groups in total. The molecule has 0 spiro atoms. The van der Waals surface area contributed by atoms with Crippen LogP contribution >= 0.6 is 0 Å². The number of benzene rings is 1. The lowest BCUT2D eigenvalue weighted by molar-refractivity contribution is -0.124. The van der Waals surface area contributed by atoms with Gasteiger partial charge in [-0.3, -0.25) is 4.79 Å². The standard InChI is InChI=1S/C27H35N3O4/c1-18(2)34-22-8-5-19(6-9-22)26(31)30-17-20-4-3-13-28-25(20)29-23-10-7-21(16-24(23)30)27(32)11-14-33-15-12-27/h3-4,7,10,13,16,18-19,22,32H,5-6,8-9,11-12,14-15,17H2,1-2H3,(H,28,29)/t19-,22-. The SMILES string of the molecule is CC(C)O[C@H]1CC[C@H](C(=O)N2Cc3cccnc3Nc3ccc(C4(O)CCOCC4)cc32)CC1. The molecule has 0 unspecified atom stereocenters. The van der Waals surface area contributed by atoms with Crippen LogP contribution in [0.4, 0.5) is 17.2 Å². The van der Waals surface area contributed by atoms with Crippen molar-refractivity contribution < 1.29 is 19.4 Å². The average Bonchev–Trinajstić information content (AvgIpc) is 3.00. The predicted octanol–water partition coefficient (Wildman–Crippen LogP) is 4.65. The summed E-state index contributed by atoms with van der Waals surface area (Å²) in [6.07, 6.45) is 6.78. The first-order valence-corrected chi connectivity index (χ1v) is 12.6. The van der Waals surface area contributed by atoms with Crippen LogP contribution in [0.3, 0.4) is 0 Å². The van der Waals surface area contributed by atoms with Crippen molar-refractivity contribution in [2.24, 2.45) is 5.92 Å². The summed E-state index contributed by atoms with van der Waals surface area (Å²) in [6, 6.07) is 9.84. The number of amides is 1. The summed E-state index contributed by atoms with van der Waals surface area (Å²) in [5.74, 6) is 0.873. The number of carbonyl (C=O) groups is 1. The molecular formula is C27H35N3O4. The van der Waals surface area contributed by atoms with Crippen LogP contribution in [0.25, 0.3) is 0 Å². The lowest BCUT2D eigenvalue weighted by atomic mass is 9.85. The molecule has 1 aromatic heterocycles. The van der Waals surface area contributed by atoms with E-state index in [4.69, 9.17) is 9.47 Å². The summed E-state index contributed by atoms with van der Waals surface area (Å²) in [6.45, 7) is 5.65. The molecule has 7 heteroatoms. The summed E-state index contributed by atoms with van der Waals surface area (Å²) < 4.78 is 11.5. The van der Waals surface area contributed by atoms with Crippen molar-refractivity contribution >= 4 is 23.1 Å². The molecule has 0 radical (unpaired) electrons. The van der Waals surface area contributed by atoms with Gasteiger partial charge in [0.05, 0.1) is 35.7 Å². The highest BCUT2D eigenvalue weighted by Crippen LogP contribution is 2.41. The lowest BCUT2D eigenvalue weighted by Gasteiger charge is -2.35. The van der Waals surface area contributed by atoms with E-state index in [0.29, 0.717) is 32.6 Å². The van der Waals surface area contributed by atoms with Crippen LogP contribution < -0.4 is 10.2 Å². The molecule has 182 valence electrons. The fourth-order valence-corrected chi connectivity index (χ4v) is 5.46. The fraction of sp³-hybridized carbons (Fsp3) is 0.556. The zero-order chi connectivity index (χ0) is 23.7. The molecule has 3 aliphatic rings. The number of ether oxygens (including phenoxy) is 2. The quantitative estimate of drug-likeness (QED) is 0.684. The van der Waals surface area contributed by atoms with E-state index < -0.39 is 5.60 Å². The van der Waals surface area contributed by atoms with Crippen molar-refractivity contribution in [1.82, 2.24) is 4.98 Å². The molecule has 2 aromatic rings. The second-order valence-corrected chi connectivity index (χ2v) is 10.1. The first-order chi connectivity index (χ1) is 16.4. The third kappa shape index (κ3) is 4.69. The Hall–Kier alpha value is -2.48. The van der Waals surface area contributed by atoms with Gasteiger partial charge in [0.15, 0.2) is 0 Å². The molecule has 2 aliphatic heterocycles. The van der Waals surface area contributed by atoms with Gasteiger partial charge < -0.3 is 24.8 Å². The largest absolute Gasteiger partial charge is 0.385 e.